The van der Waals surface area contributed by atoms with E-state index < -0.39 is 65.3 Å². The Balaban J connectivity index is 1.42. The molecule has 1 aromatic rings. The summed E-state index contributed by atoms with van der Waals surface area (Å²) in [5.74, 6) is -0.956. The van der Waals surface area contributed by atoms with Gasteiger partial charge in [-0.3, -0.25) is 0 Å². The van der Waals surface area contributed by atoms with Crippen LogP contribution in [0.2, 0.25) is 0 Å². The van der Waals surface area contributed by atoms with Gasteiger partial charge in [-0.25, -0.2) is 9.78 Å². The molecule has 8 heteroatoms. The molecule has 0 amide bonds. The van der Waals surface area contributed by atoms with E-state index in [9.17, 15) is 15.3 Å². The zero-order valence-corrected chi connectivity index (χ0v) is 26.8. The Bertz CT molecular complexity index is 1230. The van der Waals surface area contributed by atoms with E-state index >= 15 is 0 Å². The van der Waals surface area contributed by atoms with Crippen LogP contribution in [0.4, 0.5) is 0 Å². The lowest BCUT2D eigenvalue weighted by Gasteiger charge is -2.65. The summed E-state index contributed by atoms with van der Waals surface area (Å²) >= 11 is 0. The normalized spacial score (nSPS) is 51.6. The first-order valence-electron chi connectivity index (χ1n) is 17.1. The minimum atomic E-state index is -1.78. The molecule has 3 N–H and O–H groups in total. The number of ether oxygens (including phenoxy) is 3. The van der Waals surface area contributed by atoms with Gasteiger partial charge in [-0.05, 0) is 54.6 Å². The number of aliphatic hydroxyl groups excluding tert-OH is 2. The van der Waals surface area contributed by atoms with Crippen LogP contribution in [0.1, 0.15) is 78.2 Å². The molecule has 7 fully saturated rings. The van der Waals surface area contributed by atoms with Gasteiger partial charge in [-0.15, -0.1) is 0 Å². The van der Waals surface area contributed by atoms with Crippen molar-refractivity contribution in [2.45, 2.75) is 126 Å². The zero-order chi connectivity index (χ0) is 31.1. The van der Waals surface area contributed by atoms with Gasteiger partial charge in [-0.2, -0.15) is 0 Å². The van der Waals surface area contributed by atoms with E-state index in [0.717, 1.165) is 49.7 Å². The van der Waals surface area contributed by atoms with E-state index in [-0.39, 0.29) is 23.7 Å². The van der Waals surface area contributed by atoms with Crippen LogP contribution in [0.3, 0.4) is 0 Å². The molecule has 4 saturated heterocycles. The second-order valence-corrected chi connectivity index (χ2v) is 15.2. The van der Waals surface area contributed by atoms with Crippen molar-refractivity contribution in [3.63, 3.8) is 0 Å². The number of benzene rings is 1. The molecule has 1 unspecified atom stereocenters. The summed E-state index contributed by atoms with van der Waals surface area (Å²) in [6.07, 6.45) is 3.92. The molecule has 8 nitrogen and oxygen atoms in total. The van der Waals surface area contributed by atoms with Gasteiger partial charge in [0.25, 0.3) is 0 Å². The molecule has 8 rings (SSSR count). The van der Waals surface area contributed by atoms with Crippen LogP contribution in [-0.4, -0.2) is 75.4 Å². The molecule has 14 atom stereocenters. The molecule has 4 aliphatic heterocycles. The third-order valence-electron chi connectivity index (χ3n) is 12.9. The molecule has 5 bridgehead atoms. The summed E-state index contributed by atoms with van der Waals surface area (Å²) in [5.41, 5.74) is -3.25. The maximum atomic E-state index is 13.4. The SMILES string of the molecule is C=C(C)C12C[C@@H](C)[C@@]3(OO1)[C@@H]1[C@H]2OCCCCCCC[C@@H](C)[C@H]2[C@H](C)[C@H](OCc4ccccc4)[C@@](O)([C@H](O)[C@@]4(CO)O[C@@H]14)[C@@H]23. The van der Waals surface area contributed by atoms with Gasteiger partial charge in [0.15, 0.2) is 5.60 Å². The van der Waals surface area contributed by atoms with Gasteiger partial charge in [0.05, 0.1) is 25.2 Å². The predicted molar refractivity (Wildman–Crippen MR) is 163 cm³/mol. The Morgan fingerprint density at radius 2 is 1.75 bits per heavy atom. The van der Waals surface area contributed by atoms with E-state index in [1.807, 2.05) is 37.3 Å². The summed E-state index contributed by atoms with van der Waals surface area (Å²) in [7, 11) is 0. The van der Waals surface area contributed by atoms with Gasteiger partial charge in [-0.1, -0.05) is 89.8 Å². The summed E-state index contributed by atoms with van der Waals surface area (Å²) in [6.45, 7) is 13.4. The monoisotopic (exact) mass is 612 g/mol. The third kappa shape index (κ3) is 4.11. The molecule has 3 saturated carbocycles. The fourth-order valence-electron chi connectivity index (χ4n) is 10.8. The highest BCUT2D eigenvalue weighted by molar-refractivity contribution is 5.37. The Morgan fingerprint density at radius 3 is 2.45 bits per heavy atom. The smallest absolute Gasteiger partial charge is 0.151 e. The number of hydrogen-bond donors (Lipinski definition) is 3. The largest absolute Gasteiger partial charge is 0.393 e. The molecule has 0 radical (unpaired) electrons. The molecule has 3 aliphatic carbocycles. The maximum absolute atomic E-state index is 13.4. The van der Waals surface area contributed by atoms with Crippen LogP contribution >= 0.6 is 0 Å². The average molecular weight is 613 g/mol. The lowest BCUT2D eigenvalue weighted by Crippen LogP contribution is -2.77. The number of rotatable bonds is 5. The molecule has 1 aromatic carbocycles. The number of aliphatic hydroxyl groups is 3. The van der Waals surface area contributed by atoms with Gasteiger partial charge in [0.2, 0.25) is 0 Å². The number of fused-ring (bicyclic) bond motifs is 3. The summed E-state index contributed by atoms with van der Waals surface area (Å²) < 4.78 is 20.0. The van der Waals surface area contributed by atoms with Crippen molar-refractivity contribution in [3.05, 3.63) is 48.0 Å². The van der Waals surface area contributed by atoms with Crippen molar-refractivity contribution < 1.29 is 39.3 Å². The molecule has 44 heavy (non-hydrogen) atoms. The van der Waals surface area contributed by atoms with E-state index in [1.165, 1.54) is 0 Å². The fraction of sp³-hybridized carbons (Fsp3) is 0.778. The van der Waals surface area contributed by atoms with Crippen molar-refractivity contribution in [1.82, 2.24) is 0 Å². The van der Waals surface area contributed by atoms with Crippen LogP contribution < -0.4 is 0 Å². The standard InChI is InChI=1S/C36H52O8/c1-21(2)33-18-23(4)36(44-43-33)27-30(33)40-17-13-8-6-7-10-14-22(3)26-24(5)29(41-19-25-15-11-9-12-16-25)35(39,28(26)36)32(38)34(20-37)31(27)42-34/h9,11-12,15-16,22-24,26-32,37-39H,1,6-8,10,13-14,17-20H2,2-5H3/t22-,23-,24+,26+,27-,28-,29+,30-,31+,32-,33?,34+,35-,36-/m1/s1. The third-order valence-corrected chi connectivity index (χ3v) is 12.9. The van der Waals surface area contributed by atoms with Crippen LogP contribution in [-0.2, 0) is 30.6 Å². The highest BCUT2D eigenvalue weighted by Crippen LogP contribution is 2.73. The molecule has 1 spiro atoms. The second kappa shape index (κ2) is 11.1. The van der Waals surface area contributed by atoms with Crippen molar-refractivity contribution in [2.75, 3.05) is 13.2 Å². The highest BCUT2D eigenvalue weighted by Gasteiger charge is 2.88. The Labute approximate surface area is 262 Å². The van der Waals surface area contributed by atoms with E-state index in [2.05, 4.69) is 27.4 Å². The number of epoxide rings is 1. The van der Waals surface area contributed by atoms with E-state index in [1.54, 1.807) is 0 Å². The van der Waals surface area contributed by atoms with Crippen LogP contribution in [0.5, 0.6) is 0 Å². The average Bonchev–Trinajstić information content (AvgIpc) is 3.71. The van der Waals surface area contributed by atoms with Crippen molar-refractivity contribution in [3.8, 4) is 0 Å². The summed E-state index contributed by atoms with van der Waals surface area (Å²) in [6, 6.07) is 9.94. The molecule has 244 valence electrons. The molecular formula is C36H52O8. The molecular weight excluding hydrogens is 560 g/mol. The number of hydrogen-bond acceptors (Lipinski definition) is 8. The summed E-state index contributed by atoms with van der Waals surface area (Å²) in [5, 5.41) is 36.8. The topological polar surface area (TPSA) is 110 Å². The minimum Gasteiger partial charge on any atom is -0.393 e. The Kier molecular flexibility index (Phi) is 7.90. The molecule has 0 aromatic heterocycles. The first-order valence-corrected chi connectivity index (χ1v) is 17.1. The Hall–Kier alpha value is -1.36. The lowest BCUT2D eigenvalue weighted by atomic mass is 9.51. The molecule has 4 heterocycles. The van der Waals surface area contributed by atoms with Crippen LogP contribution in [0.15, 0.2) is 42.5 Å². The molecule has 7 aliphatic rings. The van der Waals surface area contributed by atoms with Gasteiger partial charge < -0.3 is 29.5 Å². The zero-order valence-electron chi connectivity index (χ0n) is 26.8. The van der Waals surface area contributed by atoms with E-state index in [4.69, 9.17) is 24.0 Å². The van der Waals surface area contributed by atoms with Gasteiger partial charge in [0, 0.05) is 12.5 Å². The first kappa shape index (κ1) is 31.3. The maximum Gasteiger partial charge on any atom is 0.151 e. The van der Waals surface area contributed by atoms with Gasteiger partial charge >= 0.3 is 0 Å². The summed E-state index contributed by atoms with van der Waals surface area (Å²) in [4.78, 5) is 13.3. The lowest BCUT2D eigenvalue weighted by molar-refractivity contribution is -0.523. The quantitative estimate of drug-likeness (QED) is 0.249. The Morgan fingerprint density at radius 1 is 1.02 bits per heavy atom. The van der Waals surface area contributed by atoms with Crippen LogP contribution in [0, 0.1) is 35.5 Å². The van der Waals surface area contributed by atoms with Crippen molar-refractivity contribution in [2.24, 2.45) is 35.5 Å². The predicted octanol–water partition coefficient (Wildman–Crippen LogP) is 4.74. The van der Waals surface area contributed by atoms with Crippen molar-refractivity contribution in [1.29, 1.82) is 0 Å². The first-order chi connectivity index (χ1) is 21.1. The van der Waals surface area contributed by atoms with Crippen molar-refractivity contribution >= 4 is 0 Å². The fourth-order valence-corrected chi connectivity index (χ4v) is 10.8. The van der Waals surface area contributed by atoms with Gasteiger partial charge in [0.1, 0.15) is 35.1 Å². The highest BCUT2D eigenvalue weighted by atomic mass is 17.2. The van der Waals surface area contributed by atoms with E-state index in [0.29, 0.717) is 19.6 Å². The van der Waals surface area contributed by atoms with Crippen LogP contribution in [0.25, 0.3) is 0 Å². The minimum absolute atomic E-state index is 0.0452. The second-order valence-electron chi connectivity index (χ2n) is 15.2.